The Morgan fingerprint density at radius 1 is 1.14 bits per heavy atom. The van der Waals surface area contributed by atoms with Crippen LogP contribution >= 0.6 is 0 Å². The van der Waals surface area contributed by atoms with Gasteiger partial charge in [0.15, 0.2) is 5.82 Å². The van der Waals surface area contributed by atoms with Crippen molar-refractivity contribution in [3.63, 3.8) is 0 Å². The number of sulfonamides is 1. The molecule has 1 aromatic heterocycles. The van der Waals surface area contributed by atoms with Crippen molar-refractivity contribution >= 4 is 10.0 Å². The fourth-order valence-corrected chi connectivity index (χ4v) is 8.08. The Bertz CT molecular complexity index is 1400. The molecule has 0 radical (unpaired) electrons. The van der Waals surface area contributed by atoms with Crippen molar-refractivity contribution in [1.82, 2.24) is 19.5 Å². The summed E-state index contributed by atoms with van der Waals surface area (Å²) < 4.78 is 59.5. The van der Waals surface area contributed by atoms with Gasteiger partial charge in [-0.1, -0.05) is 30.3 Å². The lowest BCUT2D eigenvalue weighted by Gasteiger charge is -2.50. The molecule has 2 atom stereocenters. The van der Waals surface area contributed by atoms with E-state index in [2.05, 4.69) is 15.2 Å². The molecule has 3 N–H and O–H groups in total. The Labute approximate surface area is 214 Å². The smallest absolute Gasteiger partial charge is 0.221 e. The summed E-state index contributed by atoms with van der Waals surface area (Å²) in [6.07, 6.45) is 1.18. The monoisotopic (exact) mass is 532 g/mol. The van der Waals surface area contributed by atoms with Gasteiger partial charge in [-0.25, -0.2) is 22.2 Å². The first-order chi connectivity index (χ1) is 17.5. The minimum Gasteiger partial charge on any atom is -0.390 e. The van der Waals surface area contributed by atoms with Crippen molar-refractivity contribution in [2.45, 2.75) is 75.0 Å². The molecule has 37 heavy (non-hydrogen) atoms. The number of rotatable bonds is 6. The van der Waals surface area contributed by atoms with Gasteiger partial charge in [0.05, 0.1) is 11.0 Å². The second kappa shape index (κ2) is 9.23. The molecular weight excluding hydrogens is 502 g/mol. The SMILES string of the molecule is CC1CCC(c2ccccc2)S(=O)(=O)N1Cc1cc(F)c(C2(c3n[nH]c(CO)n3)CC(C)(O)C2)cc1F. The Morgan fingerprint density at radius 3 is 2.46 bits per heavy atom. The molecule has 5 rings (SSSR count). The van der Waals surface area contributed by atoms with Crippen LogP contribution in [0.3, 0.4) is 0 Å². The van der Waals surface area contributed by atoms with Crippen molar-refractivity contribution in [2.75, 3.05) is 0 Å². The minimum atomic E-state index is -3.82. The van der Waals surface area contributed by atoms with Crippen molar-refractivity contribution in [2.24, 2.45) is 0 Å². The maximum atomic E-state index is 15.6. The molecule has 0 amide bonds. The van der Waals surface area contributed by atoms with Crippen LogP contribution < -0.4 is 0 Å². The fourth-order valence-electron chi connectivity index (χ4n) is 5.89. The van der Waals surface area contributed by atoms with E-state index in [1.54, 1.807) is 38.1 Å². The van der Waals surface area contributed by atoms with Crippen LogP contribution in [0, 0.1) is 11.6 Å². The summed E-state index contributed by atoms with van der Waals surface area (Å²) in [4.78, 5) is 4.21. The lowest BCUT2D eigenvalue weighted by Crippen LogP contribution is -2.54. The summed E-state index contributed by atoms with van der Waals surface area (Å²) in [6.45, 7) is 2.67. The van der Waals surface area contributed by atoms with E-state index in [1.807, 2.05) is 6.07 Å². The van der Waals surface area contributed by atoms with Crippen LogP contribution in [0.4, 0.5) is 8.78 Å². The second-order valence-electron chi connectivity index (χ2n) is 10.5. The standard InChI is InChI=1S/C26H30F2N4O4S/c1-16-8-9-22(17-6-4-3-5-7-17)37(35,36)32(16)12-18-10-21(28)19(11-20(18)27)26(14-25(2,34)15-26)24-29-23(13-33)30-31-24/h3-7,10-11,16,22,33-34H,8-9,12-15H2,1-2H3,(H,29,30,31). The van der Waals surface area contributed by atoms with Crippen LogP contribution in [0.1, 0.15) is 73.1 Å². The van der Waals surface area contributed by atoms with E-state index < -0.39 is 44.5 Å². The molecule has 0 spiro atoms. The number of aliphatic hydroxyl groups excluding tert-OH is 1. The molecule has 1 saturated carbocycles. The van der Waals surface area contributed by atoms with Gasteiger partial charge in [-0.05, 0) is 57.2 Å². The Kier molecular flexibility index (Phi) is 6.46. The van der Waals surface area contributed by atoms with Crippen LogP contribution in [0.5, 0.6) is 0 Å². The number of nitrogens with one attached hydrogen (secondary N) is 1. The van der Waals surface area contributed by atoms with Gasteiger partial charge in [0, 0.05) is 23.7 Å². The highest BCUT2D eigenvalue weighted by Crippen LogP contribution is 2.54. The lowest BCUT2D eigenvalue weighted by molar-refractivity contribution is -0.0648. The van der Waals surface area contributed by atoms with Gasteiger partial charge in [-0.2, -0.15) is 9.40 Å². The van der Waals surface area contributed by atoms with Gasteiger partial charge >= 0.3 is 0 Å². The largest absolute Gasteiger partial charge is 0.390 e. The van der Waals surface area contributed by atoms with Crippen LogP contribution in [0.2, 0.25) is 0 Å². The molecule has 2 unspecified atom stereocenters. The first-order valence-electron chi connectivity index (χ1n) is 12.3. The lowest BCUT2D eigenvalue weighted by atomic mass is 9.56. The predicted molar refractivity (Wildman–Crippen MR) is 132 cm³/mol. The zero-order chi connectivity index (χ0) is 26.6. The van der Waals surface area contributed by atoms with E-state index in [9.17, 15) is 18.6 Å². The summed E-state index contributed by atoms with van der Waals surface area (Å²) >= 11 is 0. The number of aliphatic hydroxyl groups is 2. The summed E-state index contributed by atoms with van der Waals surface area (Å²) in [5, 5.41) is 25.7. The van der Waals surface area contributed by atoms with E-state index in [4.69, 9.17) is 0 Å². The maximum Gasteiger partial charge on any atom is 0.221 e. The highest BCUT2D eigenvalue weighted by Gasteiger charge is 2.57. The van der Waals surface area contributed by atoms with Crippen molar-refractivity contribution in [3.05, 3.63) is 82.4 Å². The van der Waals surface area contributed by atoms with Gasteiger partial charge in [0.2, 0.25) is 10.0 Å². The maximum absolute atomic E-state index is 15.6. The third-order valence-electron chi connectivity index (χ3n) is 7.65. The van der Waals surface area contributed by atoms with Gasteiger partial charge in [-0.3, -0.25) is 5.10 Å². The minimum absolute atomic E-state index is 0.0134. The Balaban J connectivity index is 1.49. The normalized spacial score (nSPS) is 29.7. The average Bonchev–Trinajstić information content (AvgIpc) is 3.32. The van der Waals surface area contributed by atoms with Crippen LogP contribution in [-0.4, -0.2) is 49.8 Å². The quantitative estimate of drug-likeness (QED) is 0.447. The Morgan fingerprint density at radius 2 is 1.84 bits per heavy atom. The zero-order valence-corrected chi connectivity index (χ0v) is 21.5. The molecule has 3 aromatic rings. The molecular formula is C26H30F2N4O4S. The highest BCUT2D eigenvalue weighted by molar-refractivity contribution is 7.89. The topological polar surface area (TPSA) is 119 Å². The third-order valence-corrected chi connectivity index (χ3v) is 10.0. The molecule has 2 aliphatic rings. The average molecular weight is 533 g/mol. The van der Waals surface area contributed by atoms with E-state index >= 15 is 8.78 Å². The second-order valence-corrected chi connectivity index (χ2v) is 12.6. The van der Waals surface area contributed by atoms with E-state index in [1.165, 1.54) is 4.31 Å². The molecule has 8 nitrogen and oxygen atoms in total. The van der Waals surface area contributed by atoms with Crippen molar-refractivity contribution < 1.29 is 27.4 Å². The molecule has 198 valence electrons. The third kappa shape index (κ3) is 4.47. The van der Waals surface area contributed by atoms with Crippen LogP contribution in [0.15, 0.2) is 42.5 Å². The number of aromatic amines is 1. The summed E-state index contributed by atoms with van der Waals surface area (Å²) in [5.41, 5.74) is -1.71. The number of hydrogen-bond donors (Lipinski definition) is 3. The molecule has 1 saturated heterocycles. The van der Waals surface area contributed by atoms with E-state index in [0.717, 1.165) is 12.1 Å². The molecule has 2 fully saturated rings. The van der Waals surface area contributed by atoms with Crippen molar-refractivity contribution in [1.29, 1.82) is 0 Å². The van der Waals surface area contributed by atoms with Crippen LogP contribution in [0.25, 0.3) is 0 Å². The molecule has 2 aromatic carbocycles. The number of nitrogens with zero attached hydrogens (tertiary/aromatic N) is 3. The van der Waals surface area contributed by atoms with Crippen LogP contribution in [-0.2, 0) is 28.6 Å². The summed E-state index contributed by atoms with van der Waals surface area (Å²) in [5.74, 6) is -1.14. The number of halogens is 2. The first kappa shape index (κ1) is 25.9. The molecule has 2 heterocycles. The molecule has 1 aliphatic carbocycles. The summed E-state index contributed by atoms with van der Waals surface area (Å²) in [6, 6.07) is 10.6. The molecule has 0 bridgehead atoms. The Hall–Kier alpha value is -2.73. The number of benzene rings is 2. The van der Waals surface area contributed by atoms with Gasteiger partial charge in [0.1, 0.15) is 29.3 Å². The predicted octanol–water partition coefficient (Wildman–Crippen LogP) is 3.46. The number of aromatic nitrogens is 3. The first-order valence-corrected chi connectivity index (χ1v) is 13.8. The van der Waals surface area contributed by atoms with Gasteiger partial charge in [-0.15, -0.1) is 0 Å². The molecule has 11 heteroatoms. The zero-order valence-electron chi connectivity index (χ0n) is 20.7. The molecule has 1 aliphatic heterocycles. The fraction of sp³-hybridized carbons (Fsp3) is 0.462. The summed E-state index contributed by atoms with van der Waals surface area (Å²) in [7, 11) is -3.82. The number of hydrogen-bond acceptors (Lipinski definition) is 6. The van der Waals surface area contributed by atoms with E-state index in [0.29, 0.717) is 18.4 Å². The highest BCUT2D eigenvalue weighted by atomic mass is 32.2. The van der Waals surface area contributed by atoms with Gasteiger partial charge in [0.25, 0.3) is 0 Å². The van der Waals surface area contributed by atoms with Gasteiger partial charge < -0.3 is 10.2 Å². The number of H-pyrrole nitrogens is 1. The van der Waals surface area contributed by atoms with Crippen molar-refractivity contribution in [3.8, 4) is 0 Å². The van der Waals surface area contributed by atoms with E-state index in [-0.39, 0.29) is 48.2 Å².